The highest BCUT2D eigenvalue weighted by molar-refractivity contribution is 5.84. The summed E-state index contributed by atoms with van der Waals surface area (Å²) in [5.41, 5.74) is 1.16. The Morgan fingerprint density at radius 2 is 1.83 bits per heavy atom. The van der Waals surface area contributed by atoms with Gasteiger partial charge in [0.25, 0.3) is 0 Å². The molecule has 0 fully saturated rings. The van der Waals surface area contributed by atoms with Crippen LogP contribution in [0.5, 0.6) is 0 Å². The SMILES string of the molecule is C=C(C)C(=O)O.C=CC(=O)OCc1ccccc1. The molecule has 0 heterocycles. The summed E-state index contributed by atoms with van der Waals surface area (Å²) in [5.74, 6) is -1.33. The van der Waals surface area contributed by atoms with Crippen molar-refractivity contribution in [1.29, 1.82) is 0 Å². The lowest BCUT2D eigenvalue weighted by molar-refractivity contribution is -0.139. The molecule has 0 bridgehead atoms. The van der Waals surface area contributed by atoms with Gasteiger partial charge in [0.1, 0.15) is 6.61 Å². The van der Waals surface area contributed by atoms with Gasteiger partial charge in [-0.2, -0.15) is 0 Å². The molecule has 0 aliphatic carbocycles. The molecule has 18 heavy (non-hydrogen) atoms. The van der Waals surface area contributed by atoms with Crippen molar-refractivity contribution in [2.75, 3.05) is 0 Å². The maximum Gasteiger partial charge on any atom is 0.330 e. The number of hydrogen-bond acceptors (Lipinski definition) is 3. The summed E-state index contributed by atoms with van der Waals surface area (Å²) < 4.78 is 4.82. The highest BCUT2D eigenvalue weighted by Gasteiger charge is 1.95. The van der Waals surface area contributed by atoms with Crippen LogP contribution in [0.25, 0.3) is 0 Å². The Bertz CT molecular complexity index is 409. The second-order valence-corrected chi connectivity index (χ2v) is 3.38. The van der Waals surface area contributed by atoms with E-state index in [1.54, 1.807) is 0 Å². The number of carboxylic acids is 1. The molecule has 1 rings (SSSR count). The molecule has 0 aliphatic heterocycles. The maximum atomic E-state index is 10.6. The van der Waals surface area contributed by atoms with E-state index in [9.17, 15) is 9.59 Å². The molecule has 0 atom stereocenters. The molecule has 1 N–H and O–H groups in total. The first-order valence-electron chi connectivity index (χ1n) is 5.19. The summed E-state index contributed by atoms with van der Waals surface area (Å²) >= 11 is 0. The fraction of sp³-hybridized carbons (Fsp3) is 0.143. The normalized spacial score (nSPS) is 8.50. The van der Waals surface area contributed by atoms with Gasteiger partial charge in [-0.3, -0.25) is 0 Å². The van der Waals surface area contributed by atoms with Crippen LogP contribution in [0.4, 0.5) is 0 Å². The first-order chi connectivity index (χ1) is 8.47. The van der Waals surface area contributed by atoms with E-state index in [2.05, 4.69) is 13.2 Å². The van der Waals surface area contributed by atoms with Gasteiger partial charge in [-0.25, -0.2) is 9.59 Å². The smallest absolute Gasteiger partial charge is 0.330 e. The van der Waals surface area contributed by atoms with Gasteiger partial charge >= 0.3 is 11.9 Å². The molecule has 96 valence electrons. The number of carboxylic acid groups (broad SMARTS) is 1. The molecule has 1 aromatic rings. The zero-order chi connectivity index (χ0) is 14.0. The Hall–Kier alpha value is -2.36. The Morgan fingerprint density at radius 3 is 2.22 bits per heavy atom. The average Bonchev–Trinajstić information content (AvgIpc) is 2.37. The number of hydrogen-bond donors (Lipinski definition) is 1. The molecule has 0 unspecified atom stereocenters. The lowest BCUT2D eigenvalue weighted by Crippen LogP contribution is -1.99. The number of ether oxygens (including phenoxy) is 1. The Labute approximate surface area is 106 Å². The summed E-state index contributed by atoms with van der Waals surface area (Å²) in [6, 6.07) is 9.51. The Kier molecular flexibility index (Phi) is 7.61. The first kappa shape index (κ1) is 15.6. The van der Waals surface area contributed by atoms with Crippen LogP contribution < -0.4 is 0 Å². The Morgan fingerprint density at radius 1 is 1.33 bits per heavy atom. The molecular formula is C14H16O4. The topological polar surface area (TPSA) is 63.6 Å². The van der Waals surface area contributed by atoms with Crippen molar-refractivity contribution < 1.29 is 19.4 Å². The van der Waals surface area contributed by atoms with Crippen LogP contribution in [0.1, 0.15) is 12.5 Å². The van der Waals surface area contributed by atoms with Gasteiger partial charge in [-0.05, 0) is 12.5 Å². The quantitative estimate of drug-likeness (QED) is 0.657. The van der Waals surface area contributed by atoms with Gasteiger partial charge in [-0.1, -0.05) is 43.5 Å². The van der Waals surface area contributed by atoms with Crippen molar-refractivity contribution in [1.82, 2.24) is 0 Å². The summed E-state index contributed by atoms with van der Waals surface area (Å²) in [7, 11) is 0. The summed E-state index contributed by atoms with van der Waals surface area (Å²) in [5, 5.41) is 7.89. The van der Waals surface area contributed by atoms with E-state index in [4.69, 9.17) is 9.84 Å². The maximum absolute atomic E-state index is 10.6. The van der Waals surface area contributed by atoms with Gasteiger partial charge < -0.3 is 9.84 Å². The summed E-state index contributed by atoms with van der Waals surface area (Å²) in [6.07, 6.45) is 1.16. The van der Waals surface area contributed by atoms with Crippen molar-refractivity contribution in [3.05, 3.63) is 60.7 Å². The van der Waals surface area contributed by atoms with E-state index in [1.165, 1.54) is 6.92 Å². The lowest BCUT2D eigenvalue weighted by Gasteiger charge is -2.00. The van der Waals surface area contributed by atoms with Crippen molar-refractivity contribution >= 4 is 11.9 Å². The fourth-order valence-electron chi connectivity index (χ4n) is 0.788. The number of esters is 1. The van der Waals surface area contributed by atoms with Gasteiger partial charge in [0.2, 0.25) is 0 Å². The molecule has 0 aliphatic rings. The highest BCUT2D eigenvalue weighted by Crippen LogP contribution is 2.00. The molecule has 0 saturated carbocycles. The molecule has 0 radical (unpaired) electrons. The third kappa shape index (κ3) is 7.87. The second-order valence-electron chi connectivity index (χ2n) is 3.38. The molecule has 0 spiro atoms. The van der Waals surface area contributed by atoms with Crippen molar-refractivity contribution in [3.63, 3.8) is 0 Å². The van der Waals surface area contributed by atoms with E-state index < -0.39 is 5.97 Å². The second kappa shape index (κ2) is 8.75. The molecule has 0 amide bonds. The highest BCUT2D eigenvalue weighted by atomic mass is 16.5. The van der Waals surface area contributed by atoms with Crippen molar-refractivity contribution in [2.24, 2.45) is 0 Å². The van der Waals surface area contributed by atoms with Crippen LogP contribution >= 0.6 is 0 Å². The number of carbonyl (C=O) groups is 2. The third-order valence-corrected chi connectivity index (χ3v) is 1.76. The number of aliphatic carboxylic acids is 1. The molecular weight excluding hydrogens is 232 g/mol. The van der Waals surface area contributed by atoms with Gasteiger partial charge in [0, 0.05) is 11.6 Å². The minimum Gasteiger partial charge on any atom is -0.478 e. The third-order valence-electron chi connectivity index (χ3n) is 1.76. The van der Waals surface area contributed by atoms with Crippen LogP contribution in [-0.2, 0) is 20.9 Å². The fourth-order valence-corrected chi connectivity index (χ4v) is 0.788. The summed E-state index contributed by atoms with van der Waals surface area (Å²) in [4.78, 5) is 20.2. The van der Waals surface area contributed by atoms with E-state index in [1.807, 2.05) is 30.3 Å². The van der Waals surface area contributed by atoms with Gasteiger partial charge in [0.15, 0.2) is 0 Å². The van der Waals surface area contributed by atoms with Crippen LogP contribution in [-0.4, -0.2) is 17.0 Å². The average molecular weight is 248 g/mol. The minimum absolute atomic E-state index is 0.176. The number of rotatable bonds is 4. The lowest BCUT2D eigenvalue weighted by atomic mass is 10.2. The van der Waals surface area contributed by atoms with Crippen LogP contribution in [0.15, 0.2) is 55.1 Å². The van der Waals surface area contributed by atoms with Gasteiger partial charge in [0.05, 0.1) is 0 Å². The van der Waals surface area contributed by atoms with Crippen molar-refractivity contribution in [2.45, 2.75) is 13.5 Å². The number of benzene rings is 1. The molecule has 4 heteroatoms. The van der Waals surface area contributed by atoms with E-state index in [0.717, 1.165) is 11.6 Å². The predicted octanol–water partition coefficient (Wildman–Crippen LogP) is 2.56. The van der Waals surface area contributed by atoms with E-state index in [-0.39, 0.29) is 11.5 Å². The first-order valence-corrected chi connectivity index (χ1v) is 5.19. The summed E-state index contributed by atoms with van der Waals surface area (Å²) in [6.45, 7) is 8.21. The zero-order valence-electron chi connectivity index (χ0n) is 10.3. The predicted molar refractivity (Wildman–Crippen MR) is 68.9 cm³/mol. The molecule has 0 aromatic heterocycles. The molecule has 1 aromatic carbocycles. The monoisotopic (exact) mass is 248 g/mol. The van der Waals surface area contributed by atoms with E-state index >= 15 is 0 Å². The molecule has 4 nitrogen and oxygen atoms in total. The molecule has 0 saturated heterocycles. The van der Waals surface area contributed by atoms with E-state index in [0.29, 0.717) is 6.61 Å². The van der Waals surface area contributed by atoms with Crippen LogP contribution in [0.2, 0.25) is 0 Å². The number of carbonyl (C=O) groups excluding carboxylic acids is 1. The van der Waals surface area contributed by atoms with Crippen LogP contribution in [0, 0.1) is 0 Å². The Balaban J connectivity index is 0.000000411. The van der Waals surface area contributed by atoms with Gasteiger partial charge in [-0.15, -0.1) is 0 Å². The largest absolute Gasteiger partial charge is 0.478 e. The standard InChI is InChI=1S/C10H10O2.C4H6O2/c1-2-10(11)12-8-9-6-4-3-5-7-9;1-3(2)4(5)6/h2-7H,1,8H2;1H2,2H3,(H,5,6). The van der Waals surface area contributed by atoms with Crippen LogP contribution in [0.3, 0.4) is 0 Å². The zero-order valence-corrected chi connectivity index (χ0v) is 10.3. The van der Waals surface area contributed by atoms with Crippen molar-refractivity contribution in [3.8, 4) is 0 Å². The minimum atomic E-state index is -0.935.